The normalized spacial score (nSPS) is 23.2. The van der Waals surface area contributed by atoms with Gasteiger partial charge in [-0.25, -0.2) is 0 Å². The lowest BCUT2D eigenvalue weighted by atomic mass is 9.90. The van der Waals surface area contributed by atoms with Crippen molar-refractivity contribution in [3.8, 4) is 0 Å². The van der Waals surface area contributed by atoms with E-state index in [-0.39, 0.29) is 0 Å². The third kappa shape index (κ3) is 2.92. The average Bonchev–Trinajstić information content (AvgIpc) is 2.94. The van der Waals surface area contributed by atoms with E-state index in [4.69, 9.17) is 0 Å². The zero-order chi connectivity index (χ0) is 13.0. The van der Waals surface area contributed by atoms with Gasteiger partial charge in [-0.2, -0.15) is 0 Å². The van der Waals surface area contributed by atoms with Crippen molar-refractivity contribution in [3.05, 3.63) is 29.1 Å². The van der Waals surface area contributed by atoms with Crippen LogP contribution in [0.4, 0.5) is 0 Å². The monoisotopic (exact) mass is 246 g/mol. The molecular formula is C16H26N2. The Morgan fingerprint density at radius 1 is 1.22 bits per heavy atom. The number of hydrogen-bond donors (Lipinski definition) is 0. The summed E-state index contributed by atoms with van der Waals surface area (Å²) in [5.74, 6) is 0. The zero-order valence-corrected chi connectivity index (χ0v) is 12.1. The van der Waals surface area contributed by atoms with Crippen LogP contribution in [-0.4, -0.2) is 29.0 Å². The van der Waals surface area contributed by atoms with E-state index in [0.717, 1.165) is 6.04 Å². The molecule has 2 aliphatic rings. The van der Waals surface area contributed by atoms with Crippen LogP contribution in [0.1, 0.15) is 49.9 Å². The van der Waals surface area contributed by atoms with Gasteiger partial charge in [-0.1, -0.05) is 19.9 Å². The SMILES string of the molecule is CC.Cc1cnc2c(c1)CC(N1CCCC1)CC2. The highest BCUT2D eigenvalue weighted by molar-refractivity contribution is 5.28. The summed E-state index contributed by atoms with van der Waals surface area (Å²) < 4.78 is 0. The Labute approximate surface area is 111 Å². The van der Waals surface area contributed by atoms with Gasteiger partial charge in [0.15, 0.2) is 0 Å². The van der Waals surface area contributed by atoms with Crippen molar-refractivity contribution in [1.29, 1.82) is 0 Å². The molecule has 18 heavy (non-hydrogen) atoms. The highest BCUT2D eigenvalue weighted by Gasteiger charge is 2.26. The molecule has 0 radical (unpaired) electrons. The molecule has 1 aromatic heterocycles. The molecule has 2 nitrogen and oxygen atoms in total. The van der Waals surface area contributed by atoms with Crippen LogP contribution in [0.3, 0.4) is 0 Å². The van der Waals surface area contributed by atoms with Crippen molar-refractivity contribution in [2.24, 2.45) is 0 Å². The van der Waals surface area contributed by atoms with E-state index >= 15 is 0 Å². The molecule has 1 aliphatic heterocycles. The first kappa shape index (κ1) is 13.5. The van der Waals surface area contributed by atoms with E-state index in [1.165, 1.54) is 62.0 Å². The minimum Gasteiger partial charge on any atom is -0.300 e. The Morgan fingerprint density at radius 3 is 2.67 bits per heavy atom. The zero-order valence-electron chi connectivity index (χ0n) is 12.1. The van der Waals surface area contributed by atoms with Crippen LogP contribution in [0.25, 0.3) is 0 Å². The summed E-state index contributed by atoms with van der Waals surface area (Å²) in [6, 6.07) is 3.13. The predicted molar refractivity (Wildman–Crippen MR) is 76.9 cm³/mol. The average molecular weight is 246 g/mol. The van der Waals surface area contributed by atoms with Crippen molar-refractivity contribution < 1.29 is 0 Å². The fourth-order valence-electron chi connectivity index (χ4n) is 3.14. The minimum absolute atomic E-state index is 0.790. The van der Waals surface area contributed by atoms with Gasteiger partial charge in [0.25, 0.3) is 0 Å². The lowest BCUT2D eigenvalue weighted by Crippen LogP contribution is -2.37. The second-order valence-electron chi connectivity index (χ2n) is 5.26. The summed E-state index contributed by atoms with van der Waals surface area (Å²) >= 11 is 0. The van der Waals surface area contributed by atoms with E-state index < -0.39 is 0 Å². The molecule has 0 spiro atoms. The Hall–Kier alpha value is -0.890. The van der Waals surface area contributed by atoms with E-state index in [1.54, 1.807) is 0 Å². The van der Waals surface area contributed by atoms with E-state index in [9.17, 15) is 0 Å². The topological polar surface area (TPSA) is 16.1 Å². The van der Waals surface area contributed by atoms with Gasteiger partial charge in [0.2, 0.25) is 0 Å². The lowest BCUT2D eigenvalue weighted by Gasteiger charge is -2.31. The van der Waals surface area contributed by atoms with Crippen LogP contribution < -0.4 is 0 Å². The first-order chi connectivity index (χ1) is 8.83. The van der Waals surface area contributed by atoms with Crippen LogP contribution in [0.2, 0.25) is 0 Å². The van der Waals surface area contributed by atoms with E-state index in [2.05, 4.69) is 22.9 Å². The van der Waals surface area contributed by atoms with Gasteiger partial charge in [-0.3, -0.25) is 4.98 Å². The number of pyridine rings is 1. The first-order valence-corrected chi connectivity index (χ1v) is 7.51. The molecule has 1 saturated heterocycles. The van der Waals surface area contributed by atoms with Gasteiger partial charge < -0.3 is 4.90 Å². The highest BCUT2D eigenvalue weighted by atomic mass is 15.2. The molecule has 100 valence electrons. The molecule has 0 N–H and O–H groups in total. The maximum atomic E-state index is 4.56. The summed E-state index contributed by atoms with van der Waals surface area (Å²) in [5, 5.41) is 0. The summed E-state index contributed by atoms with van der Waals surface area (Å²) in [6.45, 7) is 8.78. The standard InChI is InChI=1S/C14H20N2.C2H6/c1-11-8-12-9-13(16-6-2-3-7-16)4-5-14(12)15-10-11;1-2/h8,10,13H,2-7,9H2,1H3;1-2H3. The fraction of sp³-hybridized carbons (Fsp3) is 0.688. The molecular weight excluding hydrogens is 220 g/mol. The minimum atomic E-state index is 0.790. The molecule has 1 aromatic rings. The van der Waals surface area contributed by atoms with Crippen LogP contribution in [0, 0.1) is 6.92 Å². The van der Waals surface area contributed by atoms with Gasteiger partial charge in [-0.15, -0.1) is 0 Å². The Balaban J connectivity index is 0.000000574. The van der Waals surface area contributed by atoms with Crippen LogP contribution in [0.15, 0.2) is 12.3 Å². The molecule has 1 aliphatic carbocycles. The van der Waals surface area contributed by atoms with Gasteiger partial charge >= 0.3 is 0 Å². The largest absolute Gasteiger partial charge is 0.300 e. The summed E-state index contributed by atoms with van der Waals surface area (Å²) in [6.07, 6.45) is 8.52. The Morgan fingerprint density at radius 2 is 1.94 bits per heavy atom. The summed E-state index contributed by atoms with van der Waals surface area (Å²) in [7, 11) is 0. The number of hydrogen-bond acceptors (Lipinski definition) is 2. The van der Waals surface area contributed by atoms with E-state index in [1.807, 2.05) is 20.0 Å². The van der Waals surface area contributed by atoms with Crippen molar-refractivity contribution in [2.75, 3.05) is 13.1 Å². The number of nitrogens with zero attached hydrogens (tertiary/aromatic N) is 2. The van der Waals surface area contributed by atoms with Crippen molar-refractivity contribution >= 4 is 0 Å². The van der Waals surface area contributed by atoms with Gasteiger partial charge in [0.1, 0.15) is 0 Å². The molecule has 0 aromatic carbocycles. The summed E-state index contributed by atoms with van der Waals surface area (Å²) in [4.78, 5) is 7.25. The van der Waals surface area contributed by atoms with Crippen molar-refractivity contribution in [1.82, 2.24) is 9.88 Å². The Kier molecular flexibility index (Phi) is 4.76. The third-order valence-corrected chi connectivity index (χ3v) is 4.02. The third-order valence-electron chi connectivity index (χ3n) is 4.02. The first-order valence-electron chi connectivity index (χ1n) is 7.51. The molecule has 0 bridgehead atoms. The second-order valence-corrected chi connectivity index (χ2v) is 5.26. The highest BCUT2D eigenvalue weighted by Crippen LogP contribution is 2.26. The molecule has 1 atom stereocenters. The number of aromatic nitrogens is 1. The maximum absolute atomic E-state index is 4.56. The van der Waals surface area contributed by atoms with E-state index in [0.29, 0.717) is 0 Å². The van der Waals surface area contributed by atoms with Crippen molar-refractivity contribution in [2.45, 2.75) is 58.9 Å². The van der Waals surface area contributed by atoms with Gasteiger partial charge in [-0.05, 0) is 63.2 Å². The van der Waals surface area contributed by atoms with Gasteiger partial charge in [0, 0.05) is 17.9 Å². The van der Waals surface area contributed by atoms with Crippen LogP contribution in [0.5, 0.6) is 0 Å². The molecule has 1 fully saturated rings. The molecule has 2 heterocycles. The number of aryl methyl sites for hydroxylation is 2. The number of rotatable bonds is 1. The predicted octanol–water partition coefficient (Wildman–Crippen LogP) is 3.37. The smallest absolute Gasteiger partial charge is 0.0436 e. The van der Waals surface area contributed by atoms with Crippen LogP contribution >= 0.6 is 0 Å². The molecule has 3 rings (SSSR count). The molecule has 0 saturated carbocycles. The summed E-state index contributed by atoms with van der Waals surface area (Å²) in [5.41, 5.74) is 4.16. The maximum Gasteiger partial charge on any atom is 0.0436 e. The number of fused-ring (bicyclic) bond motifs is 1. The molecule has 0 amide bonds. The number of likely N-dealkylation sites (tertiary alicyclic amines) is 1. The fourth-order valence-corrected chi connectivity index (χ4v) is 3.14. The molecule has 2 heteroatoms. The molecule has 1 unspecified atom stereocenters. The quantitative estimate of drug-likeness (QED) is 0.755. The van der Waals surface area contributed by atoms with Gasteiger partial charge in [0.05, 0.1) is 0 Å². The Bertz CT molecular complexity index is 381. The van der Waals surface area contributed by atoms with Crippen LogP contribution in [-0.2, 0) is 12.8 Å². The van der Waals surface area contributed by atoms with Crippen molar-refractivity contribution in [3.63, 3.8) is 0 Å². The second kappa shape index (κ2) is 6.33. The lowest BCUT2D eigenvalue weighted by molar-refractivity contribution is 0.221.